The molecule has 5 nitrogen and oxygen atoms in total. The van der Waals surface area contributed by atoms with E-state index in [2.05, 4.69) is 16.0 Å². The molecule has 2 aliphatic rings. The van der Waals surface area contributed by atoms with Gasteiger partial charge in [-0.25, -0.2) is 4.98 Å². The molecule has 134 valence electrons. The lowest BCUT2D eigenvalue weighted by atomic mass is 10.0. The van der Waals surface area contributed by atoms with Gasteiger partial charge in [-0.05, 0) is 51.1 Å². The van der Waals surface area contributed by atoms with E-state index < -0.39 is 0 Å². The van der Waals surface area contributed by atoms with Crippen LogP contribution >= 0.6 is 0 Å². The number of nitrogens with zero attached hydrogens (tertiary/aromatic N) is 2. The summed E-state index contributed by atoms with van der Waals surface area (Å²) in [5.41, 5.74) is 3.84. The Kier molecular flexibility index (Phi) is 4.66. The van der Waals surface area contributed by atoms with Crippen molar-refractivity contribution in [1.29, 1.82) is 0 Å². The lowest BCUT2D eigenvalue weighted by Crippen LogP contribution is -2.24. The molecule has 1 aromatic carbocycles. The Hall–Kier alpha value is -2.01. The first-order chi connectivity index (χ1) is 12.3. The van der Waals surface area contributed by atoms with Crippen LogP contribution in [0.4, 0.5) is 0 Å². The molecule has 0 spiro atoms. The highest BCUT2D eigenvalue weighted by atomic mass is 16.5. The molecular weight excluding hydrogens is 314 g/mol. The van der Waals surface area contributed by atoms with E-state index in [-0.39, 0.29) is 0 Å². The second-order valence-electron chi connectivity index (χ2n) is 7.04. The molecule has 1 saturated heterocycles. The molecule has 5 heteroatoms. The van der Waals surface area contributed by atoms with Crippen LogP contribution in [0.1, 0.15) is 54.5 Å². The first-order valence-corrected chi connectivity index (χ1v) is 9.31. The van der Waals surface area contributed by atoms with Gasteiger partial charge in [0.15, 0.2) is 11.5 Å². The molecule has 2 aromatic rings. The monoisotopic (exact) mass is 341 g/mol. The predicted octanol–water partition coefficient (Wildman–Crippen LogP) is 3.64. The Morgan fingerprint density at radius 3 is 2.84 bits per heavy atom. The number of aryl methyl sites for hydroxylation is 2. The van der Waals surface area contributed by atoms with Crippen LogP contribution in [0.3, 0.4) is 0 Å². The van der Waals surface area contributed by atoms with E-state index in [9.17, 15) is 0 Å². The van der Waals surface area contributed by atoms with Crippen molar-refractivity contribution in [2.45, 2.75) is 51.1 Å². The molecule has 0 saturated carbocycles. The van der Waals surface area contributed by atoms with Crippen molar-refractivity contribution >= 4 is 0 Å². The summed E-state index contributed by atoms with van der Waals surface area (Å²) in [7, 11) is 3.40. The van der Waals surface area contributed by atoms with Gasteiger partial charge < -0.3 is 14.5 Å². The van der Waals surface area contributed by atoms with E-state index in [1.807, 2.05) is 12.1 Å². The average Bonchev–Trinajstić information content (AvgIpc) is 3.27. The molecule has 2 heterocycles. The highest BCUT2D eigenvalue weighted by molar-refractivity contribution is 5.46. The summed E-state index contributed by atoms with van der Waals surface area (Å²) in [5.74, 6) is 2.80. The zero-order valence-electron chi connectivity index (χ0n) is 15.2. The van der Waals surface area contributed by atoms with Gasteiger partial charge in [-0.15, -0.1) is 0 Å². The van der Waals surface area contributed by atoms with Gasteiger partial charge >= 0.3 is 0 Å². The van der Waals surface area contributed by atoms with E-state index >= 15 is 0 Å². The molecule has 0 bridgehead atoms. The zero-order chi connectivity index (χ0) is 17.2. The minimum absolute atomic E-state index is 0.376. The van der Waals surface area contributed by atoms with E-state index in [0.29, 0.717) is 6.04 Å². The molecule has 1 fully saturated rings. The number of ether oxygens (including phenoxy) is 2. The lowest BCUT2D eigenvalue weighted by molar-refractivity contribution is 0.235. The Labute approximate surface area is 149 Å². The molecule has 0 radical (unpaired) electrons. The maximum Gasteiger partial charge on any atom is 0.165 e. The summed E-state index contributed by atoms with van der Waals surface area (Å²) in [6, 6.07) is 6.49. The summed E-state index contributed by atoms with van der Waals surface area (Å²) in [6.07, 6.45) is 7.21. The minimum Gasteiger partial charge on any atom is -0.493 e. The number of hydrogen-bond donors (Lipinski definition) is 1. The van der Waals surface area contributed by atoms with Crippen LogP contribution in [0.5, 0.6) is 11.5 Å². The van der Waals surface area contributed by atoms with Crippen molar-refractivity contribution in [2.75, 3.05) is 20.8 Å². The fourth-order valence-corrected chi connectivity index (χ4v) is 4.26. The maximum atomic E-state index is 5.61. The topological polar surface area (TPSA) is 50.4 Å². The first-order valence-electron chi connectivity index (χ1n) is 9.31. The Bertz CT molecular complexity index is 717. The third kappa shape index (κ3) is 3.13. The Morgan fingerprint density at radius 2 is 2.04 bits per heavy atom. The molecule has 1 atom stereocenters. The number of aromatic amines is 1. The van der Waals surface area contributed by atoms with E-state index in [0.717, 1.165) is 43.3 Å². The SMILES string of the molecule is COc1cccc(CN2CCC[C@H]2c2nc3c([nH]2)CCCC3)c1OC. The summed E-state index contributed by atoms with van der Waals surface area (Å²) in [6.45, 7) is 1.95. The molecular formula is C20H27N3O2. The Morgan fingerprint density at radius 1 is 1.16 bits per heavy atom. The van der Waals surface area contributed by atoms with Crippen LogP contribution in [0, 0.1) is 0 Å². The first kappa shape index (κ1) is 16.5. The third-order valence-electron chi connectivity index (χ3n) is 5.51. The van der Waals surface area contributed by atoms with Crippen molar-refractivity contribution in [2.24, 2.45) is 0 Å². The van der Waals surface area contributed by atoms with Gasteiger partial charge in [0.25, 0.3) is 0 Å². The summed E-state index contributed by atoms with van der Waals surface area (Å²) < 4.78 is 11.1. The number of para-hydroxylation sites is 1. The van der Waals surface area contributed by atoms with Crippen LogP contribution < -0.4 is 9.47 Å². The molecule has 1 aromatic heterocycles. The molecule has 1 aliphatic carbocycles. The fourth-order valence-electron chi connectivity index (χ4n) is 4.26. The van der Waals surface area contributed by atoms with Crippen LogP contribution in [0.2, 0.25) is 0 Å². The quantitative estimate of drug-likeness (QED) is 0.902. The molecule has 0 amide bonds. The number of aromatic nitrogens is 2. The van der Waals surface area contributed by atoms with Crippen molar-refractivity contribution in [3.63, 3.8) is 0 Å². The smallest absolute Gasteiger partial charge is 0.165 e. The Balaban J connectivity index is 1.57. The number of hydrogen-bond acceptors (Lipinski definition) is 4. The van der Waals surface area contributed by atoms with Crippen LogP contribution in [0.25, 0.3) is 0 Å². The van der Waals surface area contributed by atoms with Gasteiger partial charge in [-0.3, -0.25) is 4.90 Å². The lowest BCUT2D eigenvalue weighted by Gasteiger charge is -2.24. The van der Waals surface area contributed by atoms with Gasteiger partial charge in [-0.2, -0.15) is 0 Å². The summed E-state index contributed by atoms with van der Waals surface area (Å²) >= 11 is 0. The van der Waals surface area contributed by atoms with Gasteiger partial charge in [0, 0.05) is 17.8 Å². The molecule has 1 aliphatic heterocycles. The highest BCUT2D eigenvalue weighted by Gasteiger charge is 2.30. The average molecular weight is 341 g/mol. The second-order valence-corrected chi connectivity index (χ2v) is 7.04. The number of nitrogens with one attached hydrogen (secondary N) is 1. The van der Waals surface area contributed by atoms with Gasteiger partial charge in [0.1, 0.15) is 5.82 Å². The van der Waals surface area contributed by atoms with Crippen LogP contribution in [0.15, 0.2) is 18.2 Å². The number of imidazole rings is 1. The molecule has 4 rings (SSSR count). The van der Waals surface area contributed by atoms with Crippen LogP contribution in [-0.4, -0.2) is 35.6 Å². The predicted molar refractivity (Wildman–Crippen MR) is 97.2 cm³/mol. The number of methoxy groups -OCH3 is 2. The highest BCUT2D eigenvalue weighted by Crippen LogP contribution is 2.37. The van der Waals surface area contributed by atoms with Crippen molar-refractivity contribution in [3.8, 4) is 11.5 Å². The normalized spacial score (nSPS) is 20.5. The number of rotatable bonds is 5. The van der Waals surface area contributed by atoms with E-state index in [1.165, 1.54) is 42.6 Å². The van der Waals surface area contributed by atoms with Gasteiger partial charge in [-0.1, -0.05) is 12.1 Å². The van der Waals surface area contributed by atoms with Gasteiger partial charge in [0.2, 0.25) is 0 Å². The number of H-pyrrole nitrogens is 1. The van der Waals surface area contributed by atoms with Gasteiger partial charge in [0.05, 0.1) is 26.0 Å². The summed E-state index contributed by atoms with van der Waals surface area (Å²) in [4.78, 5) is 11.1. The number of likely N-dealkylation sites (tertiary alicyclic amines) is 1. The number of fused-ring (bicyclic) bond motifs is 1. The molecule has 25 heavy (non-hydrogen) atoms. The maximum absolute atomic E-state index is 5.61. The summed E-state index contributed by atoms with van der Waals surface area (Å²) in [5, 5.41) is 0. The standard InChI is InChI=1S/C20H27N3O2/c1-24-18-11-5-7-14(19(18)25-2)13-23-12-6-10-17(23)20-21-15-8-3-4-9-16(15)22-20/h5,7,11,17H,3-4,6,8-10,12-13H2,1-2H3,(H,21,22)/t17-/m0/s1. The van der Waals surface area contributed by atoms with Crippen molar-refractivity contribution < 1.29 is 9.47 Å². The fraction of sp³-hybridized carbons (Fsp3) is 0.550. The third-order valence-corrected chi connectivity index (χ3v) is 5.51. The van der Waals surface area contributed by atoms with E-state index in [1.54, 1.807) is 14.2 Å². The van der Waals surface area contributed by atoms with Crippen molar-refractivity contribution in [3.05, 3.63) is 41.0 Å². The zero-order valence-corrected chi connectivity index (χ0v) is 15.2. The molecule has 0 unspecified atom stereocenters. The number of benzene rings is 1. The van der Waals surface area contributed by atoms with E-state index in [4.69, 9.17) is 14.5 Å². The van der Waals surface area contributed by atoms with Crippen LogP contribution in [-0.2, 0) is 19.4 Å². The van der Waals surface area contributed by atoms with Crippen molar-refractivity contribution in [1.82, 2.24) is 14.9 Å². The largest absolute Gasteiger partial charge is 0.493 e. The minimum atomic E-state index is 0.376. The molecule has 1 N–H and O–H groups in total. The second kappa shape index (κ2) is 7.08.